The molecule has 0 radical (unpaired) electrons. The normalized spacial score (nSPS) is 12.3. The number of hydrazine groups is 1. The summed E-state index contributed by atoms with van der Waals surface area (Å²) in [6.45, 7) is 0. The fraction of sp³-hybridized carbons (Fsp3) is 0.286. The first-order chi connectivity index (χ1) is 8.83. The van der Waals surface area contributed by atoms with Gasteiger partial charge in [-0.2, -0.15) is 0 Å². The van der Waals surface area contributed by atoms with Crippen LogP contribution in [0.25, 0.3) is 0 Å². The summed E-state index contributed by atoms with van der Waals surface area (Å²) in [5.74, 6) is 6.44. The summed E-state index contributed by atoms with van der Waals surface area (Å²) in [5.41, 5.74) is 5.15. The third-order valence-corrected chi connectivity index (χ3v) is 3.03. The highest BCUT2D eigenvalue weighted by Gasteiger charge is 2.10. The van der Waals surface area contributed by atoms with Gasteiger partial charge >= 0.3 is 0 Å². The Kier molecular flexibility index (Phi) is 4.39. The molecule has 0 aliphatic carbocycles. The number of nitrogens with one attached hydrogen (secondary N) is 1. The Morgan fingerprint density at radius 1 is 1.28 bits per heavy atom. The molecule has 1 aromatic heterocycles. The van der Waals surface area contributed by atoms with Crippen molar-refractivity contribution in [2.24, 2.45) is 5.84 Å². The molecule has 0 saturated carbocycles. The number of ether oxygens (including phenoxy) is 1. The van der Waals surface area contributed by atoms with E-state index >= 15 is 0 Å². The zero-order valence-corrected chi connectivity index (χ0v) is 10.4. The van der Waals surface area contributed by atoms with Gasteiger partial charge in [-0.25, -0.2) is 0 Å². The molecule has 1 aromatic carbocycles. The molecule has 1 unspecified atom stereocenters. The van der Waals surface area contributed by atoms with Gasteiger partial charge in [0.15, 0.2) is 0 Å². The summed E-state index contributed by atoms with van der Waals surface area (Å²) in [6, 6.07) is 10.1. The minimum atomic E-state index is 0.117. The zero-order chi connectivity index (χ0) is 12.8. The van der Waals surface area contributed by atoms with Crippen LogP contribution in [0.5, 0.6) is 5.75 Å². The Hall–Kier alpha value is -1.78. The first-order valence-electron chi connectivity index (χ1n) is 5.94. The van der Waals surface area contributed by atoms with Crippen LogP contribution < -0.4 is 16.0 Å². The molecule has 18 heavy (non-hydrogen) atoms. The standard InChI is InChI=1S/C14H18N2O2/c1-17-13-5-2-11(3-6-13)4-7-14(16-15)12-8-9-18-10-12/h2-3,5-6,8-10,14,16H,4,7,15H2,1H3. The molecule has 0 bridgehead atoms. The molecule has 4 heteroatoms. The molecule has 2 rings (SSSR count). The Bertz CT molecular complexity index is 451. The van der Waals surface area contributed by atoms with E-state index in [1.807, 2.05) is 18.2 Å². The Balaban J connectivity index is 1.93. The van der Waals surface area contributed by atoms with Crippen molar-refractivity contribution in [2.75, 3.05) is 7.11 Å². The van der Waals surface area contributed by atoms with Gasteiger partial charge in [0.1, 0.15) is 5.75 Å². The maximum absolute atomic E-state index is 5.56. The van der Waals surface area contributed by atoms with Crippen LogP contribution in [0.2, 0.25) is 0 Å². The van der Waals surface area contributed by atoms with Crippen molar-refractivity contribution >= 4 is 0 Å². The monoisotopic (exact) mass is 246 g/mol. The van der Waals surface area contributed by atoms with Crippen molar-refractivity contribution in [2.45, 2.75) is 18.9 Å². The molecule has 1 atom stereocenters. The van der Waals surface area contributed by atoms with Crippen LogP contribution in [0.3, 0.4) is 0 Å². The molecule has 3 N–H and O–H groups in total. The number of benzene rings is 1. The van der Waals surface area contributed by atoms with Crippen LogP contribution in [-0.2, 0) is 6.42 Å². The summed E-state index contributed by atoms with van der Waals surface area (Å²) >= 11 is 0. The predicted octanol–water partition coefficient (Wildman–Crippen LogP) is 2.43. The van der Waals surface area contributed by atoms with Crippen LogP contribution in [-0.4, -0.2) is 7.11 Å². The Labute approximate surface area is 107 Å². The van der Waals surface area contributed by atoms with Gasteiger partial charge in [-0.15, -0.1) is 0 Å². The lowest BCUT2D eigenvalue weighted by Crippen LogP contribution is -2.28. The SMILES string of the molecule is COc1ccc(CCC(NN)c2ccoc2)cc1. The minimum absolute atomic E-state index is 0.117. The highest BCUT2D eigenvalue weighted by atomic mass is 16.5. The molecule has 0 saturated heterocycles. The maximum Gasteiger partial charge on any atom is 0.118 e. The molecule has 4 nitrogen and oxygen atoms in total. The molecular formula is C14H18N2O2. The third kappa shape index (κ3) is 3.12. The van der Waals surface area contributed by atoms with Crippen molar-refractivity contribution < 1.29 is 9.15 Å². The summed E-state index contributed by atoms with van der Waals surface area (Å²) in [7, 11) is 1.67. The van der Waals surface area contributed by atoms with E-state index in [2.05, 4.69) is 17.6 Å². The molecule has 96 valence electrons. The molecular weight excluding hydrogens is 228 g/mol. The summed E-state index contributed by atoms with van der Waals surface area (Å²) < 4.78 is 10.2. The molecule has 1 heterocycles. The van der Waals surface area contributed by atoms with Crippen LogP contribution in [0, 0.1) is 0 Å². The second-order valence-corrected chi connectivity index (χ2v) is 4.16. The Morgan fingerprint density at radius 2 is 2.06 bits per heavy atom. The minimum Gasteiger partial charge on any atom is -0.497 e. The number of hydrogen-bond donors (Lipinski definition) is 2. The van der Waals surface area contributed by atoms with E-state index in [0.29, 0.717) is 0 Å². The largest absolute Gasteiger partial charge is 0.497 e. The van der Waals surface area contributed by atoms with Crippen molar-refractivity contribution in [3.05, 3.63) is 54.0 Å². The lowest BCUT2D eigenvalue weighted by Gasteiger charge is -2.13. The van der Waals surface area contributed by atoms with Gasteiger partial charge < -0.3 is 9.15 Å². The van der Waals surface area contributed by atoms with Gasteiger partial charge in [-0.1, -0.05) is 12.1 Å². The number of nitrogens with two attached hydrogens (primary N) is 1. The molecule has 0 amide bonds. The van der Waals surface area contributed by atoms with Crippen molar-refractivity contribution in [3.63, 3.8) is 0 Å². The van der Waals surface area contributed by atoms with Gasteiger partial charge in [0, 0.05) is 11.6 Å². The van der Waals surface area contributed by atoms with Crippen LogP contribution in [0.4, 0.5) is 0 Å². The first kappa shape index (κ1) is 12.7. The van der Waals surface area contributed by atoms with E-state index in [1.54, 1.807) is 19.6 Å². The summed E-state index contributed by atoms with van der Waals surface area (Å²) in [5, 5.41) is 0. The highest BCUT2D eigenvalue weighted by molar-refractivity contribution is 5.27. The average Bonchev–Trinajstić information content (AvgIpc) is 2.94. The summed E-state index contributed by atoms with van der Waals surface area (Å²) in [4.78, 5) is 0. The lowest BCUT2D eigenvalue weighted by molar-refractivity contribution is 0.414. The fourth-order valence-corrected chi connectivity index (χ4v) is 1.92. The zero-order valence-electron chi connectivity index (χ0n) is 10.4. The third-order valence-electron chi connectivity index (χ3n) is 3.03. The van der Waals surface area contributed by atoms with Gasteiger partial charge in [0.25, 0.3) is 0 Å². The molecule has 0 spiro atoms. The number of hydrogen-bond acceptors (Lipinski definition) is 4. The van der Waals surface area contributed by atoms with Crippen molar-refractivity contribution in [1.29, 1.82) is 0 Å². The second-order valence-electron chi connectivity index (χ2n) is 4.16. The van der Waals surface area contributed by atoms with Gasteiger partial charge in [0.05, 0.1) is 19.6 Å². The van der Waals surface area contributed by atoms with Crippen LogP contribution in [0.1, 0.15) is 23.6 Å². The number of methoxy groups -OCH3 is 1. The number of furan rings is 1. The number of rotatable bonds is 6. The Morgan fingerprint density at radius 3 is 2.61 bits per heavy atom. The van der Waals surface area contributed by atoms with Gasteiger partial charge in [0.2, 0.25) is 0 Å². The highest BCUT2D eigenvalue weighted by Crippen LogP contribution is 2.20. The van der Waals surface area contributed by atoms with E-state index in [1.165, 1.54) is 5.56 Å². The second kappa shape index (κ2) is 6.23. The van der Waals surface area contributed by atoms with E-state index in [4.69, 9.17) is 15.0 Å². The molecule has 0 aliphatic heterocycles. The maximum atomic E-state index is 5.56. The first-order valence-corrected chi connectivity index (χ1v) is 5.94. The quantitative estimate of drug-likeness (QED) is 0.607. The summed E-state index contributed by atoms with van der Waals surface area (Å²) in [6.07, 6.45) is 5.25. The molecule has 2 aromatic rings. The fourth-order valence-electron chi connectivity index (χ4n) is 1.92. The predicted molar refractivity (Wildman–Crippen MR) is 70.1 cm³/mol. The van der Waals surface area contributed by atoms with Gasteiger partial charge in [-0.05, 0) is 36.6 Å². The van der Waals surface area contributed by atoms with E-state index in [-0.39, 0.29) is 6.04 Å². The van der Waals surface area contributed by atoms with Crippen LogP contribution >= 0.6 is 0 Å². The average molecular weight is 246 g/mol. The van der Waals surface area contributed by atoms with Gasteiger partial charge in [-0.3, -0.25) is 11.3 Å². The van der Waals surface area contributed by atoms with E-state index in [0.717, 1.165) is 24.2 Å². The van der Waals surface area contributed by atoms with Crippen molar-refractivity contribution in [3.8, 4) is 5.75 Å². The smallest absolute Gasteiger partial charge is 0.118 e. The lowest BCUT2D eigenvalue weighted by atomic mass is 10.0. The van der Waals surface area contributed by atoms with Crippen molar-refractivity contribution in [1.82, 2.24) is 5.43 Å². The number of aryl methyl sites for hydroxylation is 1. The van der Waals surface area contributed by atoms with E-state index < -0.39 is 0 Å². The topological polar surface area (TPSA) is 60.4 Å². The van der Waals surface area contributed by atoms with E-state index in [9.17, 15) is 0 Å². The van der Waals surface area contributed by atoms with Crippen LogP contribution in [0.15, 0.2) is 47.3 Å². The molecule has 0 aliphatic rings. The molecule has 0 fully saturated rings.